The molecule has 1 saturated heterocycles. The minimum absolute atomic E-state index is 0.571. The maximum atomic E-state index is 4.36. The Balaban J connectivity index is 0.000000531. The van der Waals surface area contributed by atoms with Gasteiger partial charge in [0.05, 0.1) is 0 Å². The Morgan fingerprint density at radius 2 is 1.67 bits per heavy atom. The maximum Gasteiger partial charge on any atom is 0.131 e. The molecule has 0 unspecified atom stereocenters. The zero-order valence-electron chi connectivity index (χ0n) is 9.95. The van der Waals surface area contributed by atoms with Crippen molar-refractivity contribution in [2.75, 3.05) is 13.1 Å². The molecular formula is C12H21N3. The molecule has 0 spiro atoms. The van der Waals surface area contributed by atoms with Gasteiger partial charge < -0.3 is 5.32 Å². The Morgan fingerprint density at radius 3 is 2.20 bits per heavy atom. The first-order valence-corrected chi connectivity index (χ1v) is 5.85. The van der Waals surface area contributed by atoms with E-state index in [1.165, 1.54) is 12.8 Å². The van der Waals surface area contributed by atoms with E-state index >= 15 is 0 Å². The summed E-state index contributed by atoms with van der Waals surface area (Å²) >= 11 is 0. The van der Waals surface area contributed by atoms with Gasteiger partial charge in [-0.1, -0.05) is 13.8 Å². The van der Waals surface area contributed by atoms with Crippen LogP contribution in [0.15, 0.2) is 12.4 Å². The van der Waals surface area contributed by atoms with Crippen LogP contribution in [0.4, 0.5) is 0 Å². The van der Waals surface area contributed by atoms with Gasteiger partial charge in [-0.25, -0.2) is 9.97 Å². The average molecular weight is 207 g/mol. The van der Waals surface area contributed by atoms with Gasteiger partial charge in [-0.2, -0.15) is 0 Å². The monoisotopic (exact) mass is 207 g/mol. The van der Waals surface area contributed by atoms with Gasteiger partial charge in [-0.05, 0) is 38.4 Å². The molecule has 0 atom stereocenters. The van der Waals surface area contributed by atoms with Crippen molar-refractivity contribution < 1.29 is 0 Å². The molecule has 1 fully saturated rings. The van der Waals surface area contributed by atoms with E-state index in [1.54, 1.807) is 0 Å². The first-order valence-electron chi connectivity index (χ1n) is 5.85. The van der Waals surface area contributed by atoms with Crippen molar-refractivity contribution in [2.45, 2.75) is 39.5 Å². The lowest BCUT2D eigenvalue weighted by Gasteiger charge is -2.20. The Labute approximate surface area is 92.3 Å². The summed E-state index contributed by atoms with van der Waals surface area (Å²) in [5.74, 6) is 1.59. The molecule has 1 N–H and O–H groups in total. The molecule has 3 heteroatoms. The number of hydrogen-bond donors (Lipinski definition) is 1. The van der Waals surface area contributed by atoms with Crippen LogP contribution in [0.2, 0.25) is 0 Å². The second-order valence-electron chi connectivity index (χ2n) is 3.64. The van der Waals surface area contributed by atoms with E-state index in [4.69, 9.17) is 0 Å². The third-order valence-electron chi connectivity index (χ3n) is 2.51. The molecule has 84 valence electrons. The fraction of sp³-hybridized carbons (Fsp3) is 0.667. The molecule has 2 rings (SSSR count). The summed E-state index contributed by atoms with van der Waals surface area (Å²) in [7, 11) is 0. The highest BCUT2D eigenvalue weighted by Gasteiger charge is 2.16. The van der Waals surface area contributed by atoms with Crippen molar-refractivity contribution >= 4 is 0 Å². The van der Waals surface area contributed by atoms with Crippen LogP contribution in [0, 0.1) is 6.92 Å². The van der Waals surface area contributed by atoms with E-state index in [9.17, 15) is 0 Å². The van der Waals surface area contributed by atoms with Gasteiger partial charge in [0.1, 0.15) is 5.82 Å². The topological polar surface area (TPSA) is 37.8 Å². The Bertz CT molecular complexity index is 263. The SMILES string of the molecule is CC.Cc1cnc(C2CCNCC2)nc1. The van der Waals surface area contributed by atoms with Gasteiger partial charge in [-0.3, -0.25) is 0 Å². The predicted octanol–water partition coefficient (Wildman–Crippen LogP) is 2.28. The zero-order chi connectivity index (χ0) is 11.1. The summed E-state index contributed by atoms with van der Waals surface area (Å²) in [6.07, 6.45) is 6.15. The van der Waals surface area contributed by atoms with Crippen LogP contribution in [0.3, 0.4) is 0 Å². The molecule has 0 bridgehead atoms. The third kappa shape index (κ3) is 3.59. The van der Waals surface area contributed by atoms with Crippen molar-refractivity contribution in [2.24, 2.45) is 0 Å². The molecule has 0 aromatic carbocycles. The fourth-order valence-electron chi connectivity index (χ4n) is 1.69. The zero-order valence-corrected chi connectivity index (χ0v) is 9.95. The van der Waals surface area contributed by atoms with Gasteiger partial charge in [0.25, 0.3) is 0 Å². The summed E-state index contributed by atoms with van der Waals surface area (Å²) in [6.45, 7) is 8.22. The molecule has 2 heterocycles. The third-order valence-corrected chi connectivity index (χ3v) is 2.51. The number of aryl methyl sites for hydroxylation is 1. The number of nitrogens with zero attached hydrogens (tertiary/aromatic N) is 2. The summed E-state index contributed by atoms with van der Waals surface area (Å²) in [6, 6.07) is 0. The van der Waals surface area contributed by atoms with Crippen LogP contribution in [0.5, 0.6) is 0 Å². The number of piperidine rings is 1. The van der Waals surface area contributed by atoms with Gasteiger partial charge in [0, 0.05) is 18.3 Å². The summed E-state index contributed by atoms with van der Waals surface area (Å²) in [5.41, 5.74) is 1.14. The largest absolute Gasteiger partial charge is 0.317 e. The predicted molar refractivity (Wildman–Crippen MR) is 63.0 cm³/mol. The number of rotatable bonds is 1. The quantitative estimate of drug-likeness (QED) is 0.767. The Hall–Kier alpha value is -0.960. The van der Waals surface area contributed by atoms with Crippen LogP contribution in [-0.2, 0) is 0 Å². The highest BCUT2D eigenvalue weighted by molar-refractivity contribution is 5.05. The van der Waals surface area contributed by atoms with Crippen LogP contribution in [0.25, 0.3) is 0 Å². The lowest BCUT2D eigenvalue weighted by Crippen LogP contribution is -2.27. The lowest BCUT2D eigenvalue weighted by molar-refractivity contribution is 0.444. The first kappa shape index (κ1) is 12.1. The van der Waals surface area contributed by atoms with Crippen LogP contribution < -0.4 is 5.32 Å². The van der Waals surface area contributed by atoms with Gasteiger partial charge in [-0.15, -0.1) is 0 Å². The van der Waals surface area contributed by atoms with E-state index in [0.29, 0.717) is 5.92 Å². The van der Waals surface area contributed by atoms with E-state index < -0.39 is 0 Å². The normalized spacial score (nSPS) is 16.7. The lowest BCUT2D eigenvalue weighted by atomic mass is 9.97. The standard InChI is InChI=1S/C10H15N3.C2H6/c1-8-6-12-10(13-7-8)9-2-4-11-5-3-9;1-2/h6-7,9,11H,2-5H2,1H3;1-2H3. The second-order valence-corrected chi connectivity index (χ2v) is 3.64. The molecule has 0 aliphatic carbocycles. The van der Waals surface area contributed by atoms with Crippen molar-refractivity contribution in [3.63, 3.8) is 0 Å². The minimum atomic E-state index is 0.571. The van der Waals surface area contributed by atoms with Crippen molar-refractivity contribution in [3.8, 4) is 0 Å². The molecule has 0 amide bonds. The van der Waals surface area contributed by atoms with Crippen molar-refractivity contribution in [3.05, 3.63) is 23.8 Å². The molecule has 3 nitrogen and oxygen atoms in total. The Morgan fingerprint density at radius 1 is 1.13 bits per heavy atom. The molecular weight excluding hydrogens is 186 g/mol. The van der Waals surface area contributed by atoms with Gasteiger partial charge >= 0.3 is 0 Å². The molecule has 1 aromatic rings. The van der Waals surface area contributed by atoms with E-state index in [-0.39, 0.29) is 0 Å². The summed E-state index contributed by atoms with van der Waals surface area (Å²) in [5, 5.41) is 3.34. The molecule has 1 aliphatic heterocycles. The first-order chi connectivity index (χ1) is 7.36. The van der Waals surface area contributed by atoms with E-state index in [2.05, 4.69) is 15.3 Å². The van der Waals surface area contributed by atoms with Crippen molar-refractivity contribution in [1.82, 2.24) is 15.3 Å². The second kappa shape index (κ2) is 6.51. The average Bonchev–Trinajstić information content (AvgIpc) is 2.34. The molecule has 1 aromatic heterocycles. The summed E-state index contributed by atoms with van der Waals surface area (Å²) in [4.78, 5) is 8.73. The molecule has 0 saturated carbocycles. The van der Waals surface area contributed by atoms with E-state index in [1.807, 2.05) is 33.2 Å². The van der Waals surface area contributed by atoms with Crippen LogP contribution >= 0.6 is 0 Å². The van der Waals surface area contributed by atoms with E-state index in [0.717, 1.165) is 24.5 Å². The highest BCUT2D eigenvalue weighted by atomic mass is 14.9. The fourth-order valence-corrected chi connectivity index (χ4v) is 1.69. The van der Waals surface area contributed by atoms with Crippen LogP contribution in [0.1, 0.15) is 44.0 Å². The number of hydrogen-bond acceptors (Lipinski definition) is 3. The minimum Gasteiger partial charge on any atom is -0.317 e. The van der Waals surface area contributed by atoms with Gasteiger partial charge in [0.15, 0.2) is 0 Å². The number of aromatic nitrogens is 2. The summed E-state index contributed by atoms with van der Waals surface area (Å²) < 4.78 is 0. The highest BCUT2D eigenvalue weighted by Crippen LogP contribution is 2.21. The van der Waals surface area contributed by atoms with Crippen LogP contribution in [-0.4, -0.2) is 23.1 Å². The molecule has 15 heavy (non-hydrogen) atoms. The van der Waals surface area contributed by atoms with Crippen molar-refractivity contribution in [1.29, 1.82) is 0 Å². The maximum absolute atomic E-state index is 4.36. The number of nitrogens with one attached hydrogen (secondary N) is 1. The smallest absolute Gasteiger partial charge is 0.131 e. The molecule has 1 aliphatic rings. The Kier molecular flexibility index (Phi) is 5.26. The molecule has 0 radical (unpaired) electrons. The van der Waals surface area contributed by atoms with Gasteiger partial charge in [0.2, 0.25) is 0 Å².